The van der Waals surface area contributed by atoms with Crippen molar-refractivity contribution in [1.82, 2.24) is 10.2 Å². The quantitative estimate of drug-likeness (QED) is 0.893. The van der Waals surface area contributed by atoms with Gasteiger partial charge in [-0.3, -0.25) is 9.69 Å². The Morgan fingerprint density at radius 3 is 2.31 bits per heavy atom. The van der Waals surface area contributed by atoms with Crippen LogP contribution in [0.25, 0.3) is 0 Å². The Balaban J connectivity index is 1.41. The Morgan fingerprint density at radius 1 is 1.00 bits per heavy atom. The van der Waals surface area contributed by atoms with Crippen molar-refractivity contribution in [3.63, 3.8) is 0 Å². The molecular weight excluding hydrogens is 320 g/mol. The molecule has 26 heavy (non-hydrogen) atoms. The first-order valence-corrected chi connectivity index (χ1v) is 9.86. The summed E-state index contributed by atoms with van der Waals surface area (Å²) >= 11 is 0. The highest BCUT2D eigenvalue weighted by Gasteiger charge is 2.38. The van der Waals surface area contributed by atoms with E-state index in [1.165, 1.54) is 30.4 Å². The van der Waals surface area contributed by atoms with Gasteiger partial charge in [0.05, 0.1) is 0 Å². The van der Waals surface area contributed by atoms with Crippen LogP contribution in [0.5, 0.6) is 0 Å². The average Bonchev–Trinajstić information content (AvgIpc) is 2.64. The fourth-order valence-electron chi connectivity index (χ4n) is 4.62. The van der Waals surface area contributed by atoms with Gasteiger partial charge in [-0.05, 0) is 50.3 Å². The zero-order valence-electron chi connectivity index (χ0n) is 15.5. The van der Waals surface area contributed by atoms with Crippen molar-refractivity contribution in [3.8, 4) is 0 Å². The number of hydrogen-bond donors (Lipinski definition) is 1. The molecule has 3 heteroatoms. The monoisotopic (exact) mass is 348 g/mol. The van der Waals surface area contributed by atoms with Crippen molar-refractivity contribution in [2.45, 2.75) is 63.7 Å². The SMILES string of the molecule is Cc1ccc(C(=O)NC2C[C@@H]3CCC[C@@H](C2)N3Cc2ccccc2)cc1. The lowest BCUT2D eigenvalue weighted by Crippen LogP contribution is -2.56. The summed E-state index contributed by atoms with van der Waals surface area (Å²) in [5.74, 6) is 0.0737. The maximum Gasteiger partial charge on any atom is 0.251 e. The lowest BCUT2D eigenvalue weighted by atomic mass is 9.81. The predicted octanol–water partition coefficient (Wildman–Crippen LogP) is 4.31. The Kier molecular flexibility index (Phi) is 5.07. The number of benzene rings is 2. The van der Waals surface area contributed by atoms with Crippen LogP contribution in [0, 0.1) is 6.92 Å². The van der Waals surface area contributed by atoms with Gasteiger partial charge < -0.3 is 5.32 Å². The van der Waals surface area contributed by atoms with Crippen LogP contribution in [0.4, 0.5) is 0 Å². The van der Waals surface area contributed by atoms with Gasteiger partial charge in [0.2, 0.25) is 0 Å². The Morgan fingerprint density at radius 2 is 1.65 bits per heavy atom. The van der Waals surface area contributed by atoms with E-state index < -0.39 is 0 Å². The number of fused-ring (bicyclic) bond motifs is 2. The molecule has 2 aliphatic heterocycles. The van der Waals surface area contributed by atoms with Crippen LogP contribution in [-0.2, 0) is 6.54 Å². The second kappa shape index (κ2) is 7.63. The van der Waals surface area contributed by atoms with Crippen molar-refractivity contribution in [2.75, 3.05) is 0 Å². The molecule has 0 aromatic heterocycles. The fourth-order valence-corrected chi connectivity index (χ4v) is 4.62. The molecule has 1 amide bonds. The Labute approximate surface area is 156 Å². The molecule has 0 unspecified atom stereocenters. The molecule has 2 fully saturated rings. The first kappa shape index (κ1) is 17.3. The van der Waals surface area contributed by atoms with E-state index in [-0.39, 0.29) is 5.91 Å². The summed E-state index contributed by atoms with van der Waals surface area (Å²) in [5.41, 5.74) is 3.35. The summed E-state index contributed by atoms with van der Waals surface area (Å²) in [4.78, 5) is 15.3. The third-order valence-electron chi connectivity index (χ3n) is 5.98. The van der Waals surface area contributed by atoms with Crippen LogP contribution in [-0.4, -0.2) is 28.9 Å². The number of rotatable bonds is 4. The lowest BCUT2D eigenvalue weighted by molar-refractivity contribution is 0.0177. The molecule has 0 saturated carbocycles. The normalized spacial score (nSPS) is 25.7. The molecule has 4 rings (SSSR count). The minimum Gasteiger partial charge on any atom is -0.349 e. The summed E-state index contributed by atoms with van der Waals surface area (Å²) in [6.07, 6.45) is 5.96. The molecule has 0 aliphatic carbocycles. The average molecular weight is 348 g/mol. The van der Waals surface area contributed by atoms with Crippen LogP contribution in [0.15, 0.2) is 54.6 Å². The molecule has 2 bridgehead atoms. The van der Waals surface area contributed by atoms with Gasteiger partial charge in [-0.2, -0.15) is 0 Å². The lowest BCUT2D eigenvalue weighted by Gasteiger charge is -2.49. The smallest absolute Gasteiger partial charge is 0.251 e. The van der Waals surface area contributed by atoms with Crippen molar-refractivity contribution < 1.29 is 4.79 Å². The predicted molar refractivity (Wildman–Crippen MR) is 105 cm³/mol. The van der Waals surface area contributed by atoms with Gasteiger partial charge in [0, 0.05) is 30.2 Å². The van der Waals surface area contributed by atoms with E-state index in [1.54, 1.807) is 0 Å². The van der Waals surface area contributed by atoms with E-state index >= 15 is 0 Å². The molecule has 2 aromatic carbocycles. The van der Waals surface area contributed by atoms with Crippen molar-refractivity contribution >= 4 is 5.91 Å². The van der Waals surface area contributed by atoms with Gasteiger partial charge in [0.15, 0.2) is 0 Å². The summed E-state index contributed by atoms with van der Waals surface area (Å²) in [6, 6.07) is 20.1. The van der Waals surface area contributed by atoms with Crippen molar-refractivity contribution in [2.24, 2.45) is 0 Å². The number of aryl methyl sites for hydroxylation is 1. The maximum atomic E-state index is 12.6. The first-order chi connectivity index (χ1) is 12.7. The number of nitrogens with zero attached hydrogens (tertiary/aromatic N) is 1. The van der Waals surface area contributed by atoms with Gasteiger partial charge in [-0.15, -0.1) is 0 Å². The summed E-state index contributed by atoms with van der Waals surface area (Å²) in [7, 11) is 0. The number of nitrogens with one attached hydrogen (secondary N) is 1. The van der Waals surface area contributed by atoms with Crippen LogP contribution >= 0.6 is 0 Å². The third kappa shape index (κ3) is 3.83. The number of piperidine rings is 2. The summed E-state index contributed by atoms with van der Waals surface area (Å²) in [5, 5.41) is 3.30. The zero-order chi connectivity index (χ0) is 17.9. The van der Waals surface area contributed by atoms with E-state index in [4.69, 9.17) is 0 Å². The standard InChI is InChI=1S/C23H28N2O/c1-17-10-12-19(13-11-17)23(26)24-20-14-21-8-5-9-22(15-20)25(21)16-18-6-3-2-4-7-18/h2-4,6-7,10-13,20-22H,5,8-9,14-16H2,1H3,(H,24,26)/t21-,22-/m0/s1. The summed E-state index contributed by atoms with van der Waals surface area (Å²) < 4.78 is 0. The molecule has 1 N–H and O–H groups in total. The van der Waals surface area contributed by atoms with Gasteiger partial charge in [-0.25, -0.2) is 0 Å². The number of hydrogen-bond acceptors (Lipinski definition) is 2. The first-order valence-electron chi connectivity index (χ1n) is 9.86. The zero-order valence-corrected chi connectivity index (χ0v) is 15.5. The molecule has 2 heterocycles. The summed E-state index contributed by atoms with van der Waals surface area (Å²) in [6.45, 7) is 3.08. The highest BCUT2D eigenvalue weighted by atomic mass is 16.1. The topological polar surface area (TPSA) is 32.3 Å². The molecular formula is C23H28N2O. The Hall–Kier alpha value is -2.13. The van der Waals surface area contributed by atoms with Crippen molar-refractivity contribution in [1.29, 1.82) is 0 Å². The Bertz CT molecular complexity index is 727. The van der Waals surface area contributed by atoms with Crippen LogP contribution in [0.1, 0.15) is 53.6 Å². The van der Waals surface area contributed by atoms with Gasteiger partial charge in [-0.1, -0.05) is 54.4 Å². The molecule has 2 aromatic rings. The second-order valence-corrected chi connectivity index (χ2v) is 7.90. The van der Waals surface area contributed by atoms with E-state index in [2.05, 4.69) is 40.5 Å². The number of carbonyl (C=O) groups excluding carboxylic acids is 1. The van der Waals surface area contributed by atoms with Crippen molar-refractivity contribution in [3.05, 3.63) is 71.3 Å². The highest BCUT2D eigenvalue weighted by Crippen LogP contribution is 2.35. The van der Waals surface area contributed by atoms with E-state index in [1.807, 2.05) is 31.2 Å². The van der Waals surface area contributed by atoms with E-state index in [0.717, 1.165) is 24.9 Å². The van der Waals surface area contributed by atoms with Gasteiger partial charge in [0.1, 0.15) is 0 Å². The van der Waals surface area contributed by atoms with Crippen LogP contribution in [0.2, 0.25) is 0 Å². The van der Waals surface area contributed by atoms with Crippen LogP contribution < -0.4 is 5.32 Å². The molecule has 2 atom stereocenters. The van der Waals surface area contributed by atoms with Gasteiger partial charge >= 0.3 is 0 Å². The van der Waals surface area contributed by atoms with Gasteiger partial charge in [0.25, 0.3) is 5.91 Å². The molecule has 0 spiro atoms. The van der Waals surface area contributed by atoms with Crippen LogP contribution in [0.3, 0.4) is 0 Å². The molecule has 3 nitrogen and oxygen atoms in total. The molecule has 0 radical (unpaired) electrons. The number of carbonyl (C=O) groups is 1. The number of amides is 1. The van der Waals surface area contributed by atoms with E-state index in [9.17, 15) is 4.79 Å². The molecule has 2 aliphatic rings. The highest BCUT2D eigenvalue weighted by molar-refractivity contribution is 5.94. The third-order valence-corrected chi connectivity index (χ3v) is 5.98. The minimum atomic E-state index is 0.0737. The minimum absolute atomic E-state index is 0.0737. The fraction of sp³-hybridized carbons (Fsp3) is 0.435. The second-order valence-electron chi connectivity index (χ2n) is 7.90. The maximum absolute atomic E-state index is 12.6. The van der Waals surface area contributed by atoms with E-state index in [0.29, 0.717) is 18.1 Å². The molecule has 136 valence electrons. The molecule has 2 saturated heterocycles. The largest absolute Gasteiger partial charge is 0.349 e.